The van der Waals surface area contributed by atoms with Gasteiger partial charge in [-0.25, -0.2) is 4.39 Å². The van der Waals surface area contributed by atoms with Crippen LogP contribution < -0.4 is 5.32 Å². The van der Waals surface area contributed by atoms with Crippen LogP contribution in [0.1, 0.15) is 45.8 Å². The number of aliphatic hydroxyl groups excluding tert-OH is 1. The van der Waals surface area contributed by atoms with E-state index in [1.165, 1.54) is 12.1 Å². The molecule has 2 aromatic carbocycles. The van der Waals surface area contributed by atoms with Crippen LogP contribution >= 0.6 is 0 Å². The summed E-state index contributed by atoms with van der Waals surface area (Å²) < 4.78 is 15.2. The summed E-state index contributed by atoms with van der Waals surface area (Å²) in [5.74, 6) is 0.132. The van der Waals surface area contributed by atoms with Crippen molar-refractivity contribution in [2.45, 2.75) is 18.8 Å². The van der Waals surface area contributed by atoms with E-state index < -0.39 is 0 Å². The summed E-state index contributed by atoms with van der Waals surface area (Å²) in [7, 11) is 1.79. The van der Waals surface area contributed by atoms with Gasteiger partial charge in [0.15, 0.2) is 0 Å². The molecule has 6 nitrogen and oxygen atoms in total. The number of rotatable bonds is 6. The van der Waals surface area contributed by atoms with Crippen molar-refractivity contribution in [3.8, 4) is 6.07 Å². The molecule has 1 aromatic heterocycles. The first-order valence-corrected chi connectivity index (χ1v) is 12.8. The number of amides is 1. The van der Waals surface area contributed by atoms with E-state index in [1.807, 2.05) is 35.2 Å². The van der Waals surface area contributed by atoms with Crippen molar-refractivity contribution in [2.24, 2.45) is 23.7 Å². The fourth-order valence-corrected chi connectivity index (χ4v) is 6.19. The van der Waals surface area contributed by atoms with Crippen molar-refractivity contribution in [3.05, 3.63) is 95.1 Å². The highest BCUT2D eigenvalue weighted by atomic mass is 19.1. The summed E-state index contributed by atoms with van der Waals surface area (Å²) in [6.07, 6.45) is 4.83. The second-order valence-electron chi connectivity index (χ2n) is 10.2. The number of aliphatic hydroxyl groups is 1. The number of carbonyl (C=O) groups is 1. The second-order valence-corrected chi connectivity index (χ2v) is 10.2. The maximum atomic E-state index is 15.2. The molecular weight excluding hydrogens is 467 g/mol. The van der Waals surface area contributed by atoms with Gasteiger partial charge in [0.25, 0.3) is 5.91 Å². The molecule has 37 heavy (non-hydrogen) atoms. The van der Waals surface area contributed by atoms with Crippen LogP contribution in [0.25, 0.3) is 0 Å². The number of carbonyl (C=O) groups excluding carboxylic acids is 1. The summed E-state index contributed by atoms with van der Waals surface area (Å²) in [6, 6.07) is 18.4. The summed E-state index contributed by atoms with van der Waals surface area (Å²) in [6.45, 7) is 1.03. The van der Waals surface area contributed by atoms with Gasteiger partial charge in [0, 0.05) is 45.1 Å². The second kappa shape index (κ2) is 10.7. The summed E-state index contributed by atoms with van der Waals surface area (Å²) in [5.41, 5.74) is 3.30. The summed E-state index contributed by atoms with van der Waals surface area (Å²) >= 11 is 0. The van der Waals surface area contributed by atoms with Gasteiger partial charge in [0.05, 0.1) is 22.9 Å². The molecule has 3 aromatic rings. The molecule has 1 saturated heterocycles. The lowest BCUT2D eigenvalue weighted by Gasteiger charge is -2.29. The van der Waals surface area contributed by atoms with Gasteiger partial charge >= 0.3 is 0 Å². The zero-order valence-corrected chi connectivity index (χ0v) is 20.8. The molecule has 190 valence electrons. The first-order valence-electron chi connectivity index (χ1n) is 12.8. The number of hydrogen-bond donors (Lipinski definition) is 2. The highest BCUT2D eigenvalue weighted by molar-refractivity contribution is 5.94. The van der Waals surface area contributed by atoms with Gasteiger partial charge < -0.3 is 15.3 Å². The minimum absolute atomic E-state index is 0.0111. The Morgan fingerprint density at radius 2 is 2.03 bits per heavy atom. The van der Waals surface area contributed by atoms with Crippen LogP contribution in [0.5, 0.6) is 0 Å². The molecule has 1 saturated carbocycles. The maximum absolute atomic E-state index is 15.2. The van der Waals surface area contributed by atoms with Gasteiger partial charge in [-0.3, -0.25) is 9.78 Å². The third-order valence-corrected chi connectivity index (χ3v) is 8.04. The fraction of sp³-hybridized carbons (Fsp3) is 0.367. The van der Waals surface area contributed by atoms with E-state index in [4.69, 9.17) is 0 Å². The number of benzene rings is 2. The minimum Gasteiger partial charge on any atom is -0.396 e. The first-order chi connectivity index (χ1) is 18.0. The van der Waals surface area contributed by atoms with Crippen molar-refractivity contribution in [3.63, 3.8) is 0 Å². The molecule has 2 heterocycles. The smallest absolute Gasteiger partial charge is 0.255 e. The summed E-state index contributed by atoms with van der Waals surface area (Å²) in [4.78, 5) is 19.4. The Balaban J connectivity index is 1.44. The predicted molar refractivity (Wildman–Crippen MR) is 139 cm³/mol. The number of aromatic nitrogens is 1. The average Bonchev–Trinajstić information content (AvgIpc) is 3.59. The lowest BCUT2D eigenvalue weighted by Crippen LogP contribution is -2.38. The Bertz CT molecular complexity index is 1310. The maximum Gasteiger partial charge on any atom is 0.255 e. The zero-order chi connectivity index (χ0) is 25.9. The van der Waals surface area contributed by atoms with E-state index in [9.17, 15) is 15.2 Å². The molecule has 5 rings (SSSR count). The standard InChI is InChI=1S/C30H31FN4O2/c1-33-23-13-22(15-34-16-23)30(37)35-10-9-24-25(12-20(17-35)18-36)29(24)28(21-5-3-2-4-6-21)26-11-19(14-32)7-8-27(26)31/h2-8,11,13,15-16,20,24-25,28-29,33,36H,9-10,12,17-18H2,1H3/t20-,24?,25?,28?,29?/m1/s1. The molecule has 5 atom stereocenters. The van der Waals surface area contributed by atoms with Crippen LogP contribution in [0.15, 0.2) is 67.0 Å². The number of pyridine rings is 1. The number of anilines is 1. The Hall–Kier alpha value is -3.76. The van der Waals surface area contributed by atoms with Gasteiger partial charge in [-0.1, -0.05) is 30.3 Å². The number of hydrogen-bond acceptors (Lipinski definition) is 5. The Kier molecular flexibility index (Phi) is 7.20. The molecule has 0 spiro atoms. The van der Waals surface area contributed by atoms with E-state index in [0.29, 0.717) is 41.6 Å². The Labute approximate surface area is 216 Å². The van der Waals surface area contributed by atoms with E-state index in [1.54, 1.807) is 31.6 Å². The fourth-order valence-electron chi connectivity index (χ4n) is 6.19. The van der Waals surface area contributed by atoms with Crippen molar-refractivity contribution in [1.82, 2.24) is 9.88 Å². The van der Waals surface area contributed by atoms with Crippen molar-refractivity contribution in [2.75, 3.05) is 32.1 Å². The molecule has 0 bridgehead atoms. The average molecular weight is 499 g/mol. The molecule has 2 fully saturated rings. The molecule has 0 radical (unpaired) electrons. The Morgan fingerprint density at radius 3 is 2.76 bits per heavy atom. The highest BCUT2D eigenvalue weighted by Crippen LogP contribution is 2.61. The minimum atomic E-state index is -0.306. The first kappa shape index (κ1) is 24.9. The number of likely N-dealkylation sites (tertiary alicyclic amines) is 1. The number of halogens is 1. The Morgan fingerprint density at radius 1 is 1.22 bits per heavy atom. The molecule has 1 amide bonds. The third kappa shape index (κ3) is 5.07. The van der Waals surface area contributed by atoms with Crippen molar-refractivity contribution >= 4 is 11.6 Å². The van der Waals surface area contributed by atoms with Crippen LogP contribution in [0.2, 0.25) is 0 Å². The van der Waals surface area contributed by atoms with Gasteiger partial charge in [-0.15, -0.1) is 0 Å². The van der Waals surface area contributed by atoms with Gasteiger partial charge in [0.1, 0.15) is 5.82 Å². The number of nitrogens with one attached hydrogen (secondary N) is 1. The van der Waals surface area contributed by atoms with Crippen LogP contribution in [0.3, 0.4) is 0 Å². The molecule has 4 unspecified atom stereocenters. The molecule has 2 N–H and O–H groups in total. The van der Waals surface area contributed by atoms with Crippen LogP contribution in [0.4, 0.5) is 10.1 Å². The lowest BCUT2D eigenvalue weighted by atomic mass is 9.84. The number of nitriles is 1. The predicted octanol–water partition coefficient (Wildman–Crippen LogP) is 4.67. The van der Waals surface area contributed by atoms with Gasteiger partial charge in [-0.05, 0) is 71.9 Å². The largest absolute Gasteiger partial charge is 0.396 e. The van der Waals surface area contributed by atoms with E-state index in [2.05, 4.69) is 16.4 Å². The van der Waals surface area contributed by atoms with Gasteiger partial charge in [-0.2, -0.15) is 5.26 Å². The zero-order valence-electron chi connectivity index (χ0n) is 20.8. The topological polar surface area (TPSA) is 89.2 Å². The van der Waals surface area contributed by atoms with Crippen LogP contribution in [0, 0.1) is 40.8 Å². The molecule has 1 aliphatic heterocycles. The monoisotopic (exact) mass is 498 g/mol. The summed E-state index contributed by atoms with van der Waals surface area (Å²) in [5, 5.41) is 22.7. The van der Waals surface area contributed by atoms with Gasteiger partial charge in [0.2, 0.25) is 0 Å². The molecule has 1 aliphatic carbocycles. The molecule has 2 aliphatic rings. The molecule has 7 heteroatoms. The number of fused-ring (bicyclic) bond motifs is 1. The van der Waals surface area contributed by atoms with E-state index in [-0.39, 0.29) is 36.1 Å². The highest BCUT2D eigenvalue weighted by Gasteiger charge is 2.55. The van der Waals surface area contributed by atoms with E-state index in [0.717, 1.165) is 24.1 Å². The normalized spacial score (nSPS) is 23.7. The quantitative estimate of drug-likeness (QED) is 0.516. The third-order valence-electron chi connectivity index (χ3n) is 8.04. The molecular formula is C30H31FN4O2. The SMILES string of the molecule is CNc1cncc(C(=O)N2CCC3C(C[C@@H](CO)C2)C3C(c2ccccc2)c2cc(C#N)ccc2F)c1. The van der Waals surface area contributed by atoms with Crippen molar-refractivity contribution in [1.29, 1.82) is 5.26 Å². The van der Waals surface area contributed by atoms with Crippen LogP contribution in [-0.4, -0.2) is 47.6 Å². The van der Waals surface area contributed by atoms with Crippen LogP contribution in [-0.2, 0) is 0 Å². The lowest BCUT2D eigenvalue weighted by molar-refractivity contribution is 0.0667. The number of nitrogens with zero attached hydrogens (tertiary/aromatic N) is 3. The van der Waals surface area contributed by atoms with E-state index >= 15 is 4.39 Å². The van der Waals surface area contributed by atoms with Crippen molar-refractivity contribution < 1.29 is 14.3 Å².